The van der Waals surface area contributed by atoms with Crippen LogP contribution in [-0.4, -0.2) is 15.6 Å². The van der Waals surface area contributed by atoms with Gasteiger partial charge in [-0.3, -0.25) is 4.79 Å². The van der Waals surface area contributed by atoms with E-state index in [4.69, 9.17) is 0 Å². The molecule has 0 radical (unpaired) electrons. The first-order valence-corrected chi connectivity index (χ1v) is 7.63. The van der Waals surface area contributed by atoms with Gasteiger partial charge in [-0.05, 0) is 24.3 Å². The third kappa shape index (κ3) is 3.35. The molecule has 0 aliphatic heterocycles. The number of carbonyl (C=O) groups excluding carboxylic acids is 1. The Morgan fingerprint density at radius 1 is 1.04 bits per heavy atom. The molecule has 0 fully saturated rings. The van der Waals surface area contributed by atoms with Gasteiger partial charge in [0.15, 0.2) is 11.7 Å². The lowest BCUT2D eigenvalue weighted by molar-refractivity contribution is -0.137. The fourth-order valence-corrected chi connectivity index (χ4v) is 2.58. The summed E-state index contributed by atoms with van der Waals surface area (Å²) in [6.07, 6.45) is -3.13. The standard InChI is InChI=1S/C19H12F3N3O/c20-19(21,22)16-9-5-4-8-14(16)18(26)15(12-23)17-10-11-25(24-17)13-6-2-1-3-7-13/h1-11,15H. The van der Waals surface area contributed by atoms with Crippen molar-refractivity contribution >= 4 is 5.78 Å². The topological polar surface area (TPSA) is 58.7 Å². The second kappa shape index (κ2) is 6.84. The van der Waals surface area contributed by atoms with Crippen molar-refractivity contribution in [3.8, 4) is 11.8 Å². The Hall–Kier alpha value is -3.40. The Morgan fingerprint density at radius 3 is 2.35 bits per heavy atom. The van der Waals surface area contributed by atoms with Crippen LogP contribution in [0.2, 0.25) is 0 Å². The summed E-state index contributed by atoms with van der Waals surface area (Å²) in [5.41, 5.74) is -0.800. The highest BCUT2D eigenvalue weighted by Crippen LogP contribution is 2.34. The summed E-state index contributed by atoms with van der Waals surface area (Å²) in [5.74, 6) is -2.36. The quantitative estimate of drug-likeness (QED) is 0.653. The van der Waals surface area contributed by atoms with Crippen molar-refractivity contribution in [3.05, 3.63) is 83.7 Å². The molecule has 1 heterocycles. The minimum atomic E-state index is -4.68. The maximum atomic E-state index is 13.1. The smallest absolute Gasteiger partial charge is 0.292 e. The number of aromatic nitrogens is 2. The van der Waals surface area contributed by atoms with Gasteiger partial charge in [-0.2, -0.15) is 23.5 Å². The Morgan fingerprint density at radius 2 is 1.69 bits per heavy atom. The average molecular weight is 355 g/mol. The zero-order valence-electron chi connectivity index (χ0n) is 13.3. The number of para-hydroxylation sites is 1. The molecule has 130 valence electrons. The molecule has 3 aromatic rings. The fourth-order valence-electron chi connectivity index (χ4n) is 2.58. The normalized spacial score (nSPS) is 12.4. The highest BCUT2D eigenvalue weighted by molar-refractivity contribution is 6.03. The molecule has 7 heteroatoms. The number of ketones is 1. The summed E-state index contributed by atoms with van der Waals surface area (Å²) in [5, 5.41) is 13.6. The van der Waals surface area contributed by atoms with Gasteiger partial charge in [0.25, 0.3) is 0 Å². The molecule has 0 bridgehead atoms. The highest BCUT2D eigenvalue weighted by atomic mass is 19.4. The summed E-state index contributed by atoms with van der Waals surface area (Å²) in [6.45, 7) is 0. The second-order valence-electron chi connectivity index (χ2n) is 5.49. The molecule has 0 aliphatic rings. The first-order chi connectivity index (χ1) is 12.4. The van der Waals surface area contributed by atoms with E-state index < -0.39 is 29.0 Å². The summed E-state index contributed by atoms with van der Waals surface area (Å²) < 4.78 is 40.9. The third-order valence-electron chi connectivity index (χ3n) is 3.82. The van der Waals surface area contributed by atoms with Gasteiger partial charge < -0.3 is 0 Å². The van der Waals surface area contributed by atoms with E-state index in [0.29, 0.717) is 5.69 Å². The third-order valence-corrected chi connectivity index (χ3v) is 3.82. The van der Waals surface area contributed by atoms with Crippen molar-refractivity contribution in [2.45, 2.75) is 12.1 Å². The number of nitrogens with zero attached hydrogens (tertiary/aromatic N) is 3. The van der Waals surface area contributed by atoms with Crippen LogP contribution in [0, 0.1) is 11.3 Å². The Labute approximate surface area is 147 Å². The van der Waals surface area contributed by atoms with Crippen LogP contribution in [0.4, 0.5) is 13.2 Å². The number of alkyl halides is 3. The van der Waals surface area contributed by atoms with Gasteiger partial charge in [0.2, 0.25) is 0 Å². The molecule has 0 aliphatic carbocycles. The molecular formula is C19H12F3N3O. The monoisotopic (exact) mass is 355 g/mol. The second-order valence-corrected chi connectivity index (χ2v) is 5.49. The van der Waals surface area contributed by atoms with Crippen molar-refractivity contribution in [3.63, 3.8) is 0 Å². The molecule has 0 spiro atoms. The molecule has 0 saturated carbocycles. The van der Waals surface area contributed by atoms with Gasteiger partial charge in [0, 0.05) is 11.8 Å². The number of hydrogen-bond acceptors (Lipinski definition) is 3. The van der Waals surface area contributed by atoms with Crippen LogP contribution in [-0.2, 0) is 6.18 Å². The van der Waals surface area contributed by atoms with Crippen LogP contribution >= 0.6 is 0 Å². The molecule has 0 amide bonds. The van der Waals surface area contributed by atoms with Crippen molar-refractivity contribution < 1.29 is 18.0 Å². The van der Waals surface area contributed by atoms with E-state index in [1.54, 1.807) is 36.5 Å². The molecule has 2 aromatic carbocycles. The van der Waals surface area contributed by atoms with Crippen LogP contribution in [0.3, 0.4) is 0 Å². The van der Waals surface area contributed by atoms with E-state index in [9.17, 15) is 23.2 Å². The Kier molecular flexibility index (Phi) is 4.59. The molecule has 1 atom stereocenters. The molecule has 1 unspecified atom stereocenters. The lowest BCUT2D eigenvalue weighted by Gasteiger charge is -2.13. The molecule has 4 nitrogen and oxygen atoms in total. The van der Waals surface area contributed by atoms with E-state index in [-0.39, 0.29) is 5.69 Å². The minimum absolute atomic E-state index is 0.0957. The zero-order chi connectivity index (χ0) is 18.7. The molecule has 26 heavy (non-hydrogen) atoms. The average Bonchev–Trinajstić information content (AvgIpc) is 3.12. The fraction of sp³-hybridized carbons (Fsp3) is 0.105. The van der Waals surface area contributed by atoms with Crippen molar-refractivity contribution in [1.29, 1.82) is 5.26 Å². The van der Waals surface area contributed by atoms with Crippen LogP contribution in [0.1, 0.15) is 27.5 Å². The Balaban J connectivity index is 1.98. The van der Waals surface area contributed by atoms with Crippen LogP contribution in [0.25, 0.3) is 5.69 Å². The van der Waals surface area contributed by atoms with Gasteiger partial charge in [-0.1, -0.05) is 36.4 Å². The summed E-state index contributed by atoms with van der Waals surface area (Å²) in [4.78, 5) is 12.6. The van der Waals surface area contributed by atoms with Crippen molar-refractivity contribution in [1.82, 2.24) is 9.78 Å². The molecule has 3 rings (SSSR count). The van der Waals surface area contributed by atoms with Gasteiger partial charge in [-0.15, -0.1) is 0 Å². The van der Waals surface area contributed by atoms with Crippen LogP contribution in [0.15, 0.2) is 66.9 Å². The zero-order valence-corrected chi connectivity index (χ0v) is 13.3. The van der Waals surface area contributed by atoms with Gasteiger partial charge in [-0.25, -0.2) is 4.68 Å². The van der Waals surface area contributed by atoms with Crippen molar-refractivity contribution in [2.75, 3.05) is 0 Å². The first-order valence-electron chi connectivity index (χ1n) is 7.63. The largest absolute Gasteiger partial charge is 0.417 e. The van der Waals surface area contributed by atoms with E-state index in [0.717, 1.165) is 12.1 Å². The number of carbonyl (C=O) groups is 1. The van der Waals surface area contributed by atoms with Gasteiger partial charge >= 0.3 is 6.18 Å². The summed E-state index contributed by atoms with van der Waals surface area (Å²) >= 11 is 0. The predicted molar refractivity (Wildman–Crippen MR) is 87.7 cm³/mol. The Bertz CT molecular complexity index is 971. The SMILES string of the molecule is N#CC(C(=O)c1ccccc1C(F)(F)F)c1ccn(-c2ccccc2)n1. The molecule has 1 aromatic heterocycles. The van der Waals surface area contributed by atoms with Crippen LogP contribution < -0.4 is 0 Å². The number of nitriles is 1. The van der Waals surface area contributed by atoms with Gasteiger partial charge in [0.05, 0.1) is 23.0 Å². The molecule has 0 N–H and O–H groups in total. The van der Waals surface area contributed by atoms with Crippen LogP contribution in [0.5, 0.6) is 0 Å². The highest BCUT2D eigenvalue weighted by Gasteiger charge is 2.37. The number of rotatable bonds is 4. The first kappa shape index (κ1) is 17.4. The maximum absolute atomic E-state index is 13.1. The van der Waals surface area contributed by atoms with E-state index >= 15 is 0 Å². The molecular weight excluding hydrogens is 343 g/mol. The van der Waals surface area contributed by atoms with E-state index in [1.807, 2.05) is 6.07 Å². The minimum Gasteiger partial charge on any atom is -0.292 e. The van der Waals surface area contributed by atoms with Gasteiger partial charge in [0.1, 0.15) is 0 Å². The number of benzene rings is 2. The van der Waals surface area contributed by atoms with E-state index in [1.165, 1.54) is 22.9 Å². The molecule has 0 saturated heterocycles. The predicted octanol–water partition coefficient (Wildman–Crippen LogP) is 4.38. The van der Waals surface area contributed by atoms with Crippen molar-refractivity contribution in [2.24, 2.45) is 0 Å². The number of Topliss-reactive ketones (excluding diaryl/α,β-unsaturated/α-hetero) is 1. The lowest BCUT2D eigenvalue weighted by Crippen LogP contribution is -2.18. The summed E-state index contributed by atoms with van der Waals surface area (Å²) in [6, 6.07) is 16.6. The maximum Gasteiger partial charge on any atom is 0.417 e. The number of hydrogen-bond donors (Lipinski definition) is 0. The van der Waals surface area contributed by atoms with E-state index in [2.05, 4.69) is 5.10 Å². The number of halogens is 3. The lowest BCUT2D eigenvalue weighted by atomic mass is 9.92. The summed E-state index contributed by atoms with van der Waals surface area (Å²) in [7, 11) is 0.